The van der Waals surface area contributed by atoms with Crippen LogP contribution in [0, 0.1) is 28.6 Å². The zero-order valence-corrected chi connectivity index (χ0v) is 22.2. The summed E-state index contributed by atoms with van der Waals surface area (Å²) in [6.45, 7) is 4.00. The van der Waals surface area contributed by atoms with E-state index >= 15 is 4.39 Å². The number of ketones is 2. The molecule has 4 aliphatic carbocycles. The quantitative estimate of drug-likeness (QED) is 0.288. The van der Waals surface area contributed by atoms with Crippen molar-refractivity contribution in [2.75, 3.05) is 6.61 Å². The predicted octanol–water partition coefficient (Wildman–Crippen LogP) is -0.983. The number of allylic oxidation sites excluding steroid dienone is 4. The van der Waals surface area contributed by atoms with Gasteiger partial charge in [-0.2, -0.15) is 0 Å². The zero-order valence-electron chi connectivity index (χ0n) is 19.3. The monoisotopic (exact) mass is 495 g/mol. The normalized spacial score (nSPS) is 46.5. The van der Waals surface area contributed by atoms with Crippen molar-refractivity contribution in [2.45, 2.75) is 63.8 Å². The molecule has 0 radical (unpaired) electrons. The Morgan fingerprint density at radius 3 is 2.55 bits per heavy atom. The van der Waals surface area contributed by atoms with Crippen molar-refractivity contribution in [3.63, 3.8) is 0 Å². The molecule has 4 rings (SSSR count). The number of fused-ring (bicyclic) bond motifs is 5. The van der Waals surface area contributed by atoms with Gasteiger partial charge in [-0.15, -0.1) is 0 Å². The van der Waals surface area contributed by atoms with Gasteiger partial charge < -0.3 is 20.0 Å². The molecule has 0 amide bonds. The van der Waals surface area contributed by atoms with Gasteiger partial charge >= 0.3 is 37.4 Å². The van der Waals surface area contributed by atoms with Crippen LogP contribution < -0.4 is 29.6 Å². The minimum atomic E-state index is -4.93. The summed E-state index contributed by atoms with van der Waals surface area (Å²) in [5.41, 5.74) is -5.88. The van der Waals surface area contributed by atoms with Crippen molar-refractivity contribution in [3.05, 3.63) is 23.8 Å². The number of carbonyl (C=O) groups excluding carboxylic acids is 2. The number of carbonyl (C=O) groups is 2. The second-order valence-corrected chi connectivity index (χ2v) is 11.6. The van der Waals surface area contributed by atoms with Gasteiger partial charge in [-0.05, 0) is 56.6 Å². The molecule has 0 saturated heterocycles. The topological polar surface area (TPSA) is 141 Å². The summed E-state index contributed by atoms with van der Waals surface area (Å²) < 4.78 is 32.5. The van der Waals surface area contributed by atoms with E-state index in [4.69, 9.17) is 9.79 Å². The van der Waals surface area contributed by atoms with Crippen molar-refractivity contribution in [1.29, 1.82) is 0 Å². The Labute approximate surface area is 214 Å². The molecule has 178 valence electrons. The van der Waals surface area contributed by atoms with Crippen molar-refractivity contribution < 1.29 is 72.6 Å². The second-order valence-electron chi connectivity index (χ2n) is 10.4. The Kier molecular flexibility index (Phi) is 6.99. The number of hydrogen-bond donors (Lipinski definition) is 4. The van der Waals surface area contributed by atoms with E-state index in [1.165, 1.54) is 18.2 Å². The Hall–Kier alpha value is -0.220. The third-order valence-corrected chi connectivity index (χ3v) is 9.48. The molecular formula is C22H30FNaO8P+. The van der Waals surface area contributed by atoms with Gasteiger partial charge in [0, 0.05) is 16.7 Å². The van der Waals surface area contributed by atoms with E-state index in [-0.39, 0.29) is 41.8 Å². The summed E-state index contributed by atoms with van der Waals surface area (Å²) in [6, 6.07) is 0. The number of hydrogen-bond acceptors (Lipinski definition) is 6. The molecule has 11 heteroatoms. The van der Waals surface area contributed by atoms with Crippen molar-refractivity contribution in [3.8, 4) is 0 Å². The fourth-order valence-electron chi connectivity index (χ4n) is 7.39. The molecule has 0 spiro atoms. The molecule has 0 aromatic carbocycles. The fraction of sp³-hybridized carbons (Fsp3) is 0.727. The number of halogens is 1. The Morgan fingerprint density at radius 1 is 1.30 bits per heavy atom. The van der Waals surface area contributed by atoms with E-state index in [9.17, 15) is 24.4 Å². The first kappa shape index (κ1) is 27.4. The van der Waals surface area contributed by atoms with Crippen LogP contribution in [0.1, 0.15) is 46.5 Å². The molecule has 8 nitrogen and oxygen atoms in total. The van der Waals surface area contributed by atoms with Crippen LogP contribution in [-0.4, -0.2) is 55.5 Å². The maximum atomic E-state index is 17.0. The molecule has 0 bridgehead atoms. The van der Waals surface area contributed by atoms with Crippen LogP contribution in [0.2, 0.25) is 0 Å². The van der Waals surface area contributed by atoms with E-state index < -0.39 is 66.2 Å². The summed E-state index contributed by atoms with van der Waals surface area (Å²) in [5.74, 6) is -2.87. The van der Waals surface area contributed by atoms with Crippen molar-refractivity contribution >= 4 is 19.4 Å². The second kappa shape index (κ2) is 8.43. The summed E-state index contributed by atoms with van der Waals surface area (Å²) in [6.07, 6.45) is 3.70. The molecule has 2 unspecified atom stereocenters. The third-order valence-electron chi connectivity index (χ3n) is 9.01. The molecule has 33 heavy (non-hydrogen) atoms. The smallest absolute Gasteiger partial charge is 0.390 e. The van der Waals surface area contributed by atoms with Gasteiger partial charge in [0.05, 0.1) is 6.10 Å². The van der Waals surface area contributed by atoms with E-state index in [0.29, 0.717) is 24.8 Å². The van der Waals surface area contributed by atoms with Gasteiger partial charge in [0.1, 0.15) is 12.2 Å². The first-order valence-corrected chi connectivity index (χ1v) is 12.4. The van der Waals surface area contributed by atoms with Crippen LogP contribution in [0.5, 0.6) is 0 Å². The van der Waals surface area contributed by atoms with Gasteiger partial charge in [0.25, 0.3) is 0 Å². The Morgan fingerprint density at radius 2 is 1.94 bits per heavy atom. The third kappa shape index (κ3) is 3.66. The molecule has 3 saturated carbocycles. The molecule has 4 aliphatic rings. The number of rotatable bonds is 4. The fourth-order valence-corrected chi connectivity index (χ4v) is 7.68. The molecule has 0 aromatic heterocycles. The largest absolute Gasteiger partial charge is 1.00 e. The molecule has 8 atom stereocenters. The molecule has 0 aliphatic heterocycles. The first-order valence-electron chi connectivity index (χ1n) is 10.9. The summed E-state index contributed by atoms with van der Waals surface area (Å²) >= 11 is 0. The number of phosphoric ester groups is 1. The minimum Gasteiger partial charge on any atom is -0.390 e. The average Bonchev–Trinajstić information content (AvgIpc) is 2.89. The number of aliphatic hydroxyl groups excluding tert-OH is 1. The maximum Gasteiger partial charge on any atom is 1.00 e. The van der Waals surface area contributed by atoms with Crippen LogP contribution in [0.15, 0.2) is 23.8 Å². The van der Waals surface area contributed by atoms with Crippen LogP contribution in [-0.2, 0) is 18.7 Å². The summed E-state index contributed by atoms with van der Waals surface area (Å²) in [4.78, 5) is 42.8. The number of alkyl halides is 1. The predicted molar refractivity (Wildman–Crippen MR) is 111 cm³/mol. The molecule has 0 heterocycles. The number of Topliss-reactive ketones (excluding diaryl/α,β-unsaturated/α-hetero) is 1. The van der Waals surface area contributed by atoms with Gasteiger partial charge in [-0.1, -0.05) is 25.5 Å². The standard InChI is InChI=1S/C22H30FO8P.Na/c1-12-8-16-15-5-4-13-9-14(24)6-7-19(13,2)21(15,23)17(25)10-20(16,3)22(12,27)18(26)11-31-32(28,29)30;/h6-7,9,12,15-17,25,27H,4-5,8,10-11H2,1-3H3,(H2,28,29,30);/q;+1/t12-,15?,16?,17+,19+,20+,21+,22+;/m1./s1. The number of aliphatic hydroxyl groups is 2. The van der Waals surface area contributed by atoms with Crippen molar-refractivity contribution in [1.82, 2.24) is 0 Å². The molecule has 0 aromatic rings. The van der Waals surface area contributed by atoms with Gasteiger partial charge in [0.15, 0.2) is 17.2 Å². The van der Waals surface area contributed by atoms with Gasteiger partial charge in [-0.25, -0.2) is 8.96 Å². The Bertz CT molecular complexity index is 979. The maximum absolute atomic E-state index is 17.0. The molecule has 3 fully saturated rings. The van der Waals surface area contributed by atoms with E-state index in [1.54, 1.807) is 20.8 Å². The van der Waals surface area contributed by atoms with Gasteiger partial charge in [0.2, 0.25) is 0 Å². The van der Waals surface area contributed by atoms with Crippen LogP contribution >= 0.6 is 7.82 Å². The van der Waals surface area contributed by atoms with Crippen LogP contribution in [0.3, 0.4) is 0 Å². The van der Waals surface area contributed by atoms with E-state index in [1.807, 2.05) is 0 Å². The Balaban J connectivity index is 0.00000306. The average molecular weight is 495 g/mol. The minimum absolute atomic E-state index is 0. The first-order chi connectivity index (χ1) is 14.6. The van der Waals surface area contributed by atoms with E-state index in [0.717, 1.165) is 0 Å². The van der Waals surface area contributed by atoms with Crippen LogP contribution in [0.4, 0.5) is 4.39 Å². The van der Waals surface area contributed by atoms with Crippen molar-refractivity contribution in [2.24, 2.45) is 28.6 Å². The summed E-state index contributed by atoms with van der Waals surface area (Å²) in [7, 11) is -4.93. The zero-order chi connectivity index (χ0) is 23.9. The van der Waals surface area contributed by atoms with Gasteiger partial charge in [-0.3, -0.25) is 14.1 Å². The van der Waals surface area contributed by atoms with E-state index in [2.05, 4.69) is 4.52 Å². The van der Waals surface area contributed by atoms with Crippen LogP contribution in [0.25, 0.3) is 0 Å². The SMILES string of the molecule is C[C@@H]1CC2C3CCC4=CC(=O)C=C[C@]4(C)[C@@]3(F)[C@@H](O)C[C@]2(C)[C@@]1(O)C(=O)COP(=O)(O)O.[Na+]. The summed E-state index contributed by atoms with van der Waals surface area (Å²) in [5, 5.41) is 22.8. The molecule has 4 N–H and O–H groups in total. The number of phosphoric acid groups is 1. The molecular weight excluding hydrogens is 465 g/mol.